The number of benzene rings is 2. The summed E-state index contributed by atoms with van der Waals surface area (Å²) in [6.07, 6.45) is 0.495. The lowest BCUT2D eigenvalue weighted by Crippen LogP contribution is -2.34. The second-order valence-corrected chi connectivity index (χ2v) is 8.26. The summed E-state index contributed by atoms with van der Waals surface area (Å²) in [5.41, 5.74) is 9.30. The van der Waals surface area contributed by atoms with Crippen LogP contribution in [0, 0.1) is 0 Å². The van der Waals surface area contributed by atoms with Crippen molar-refractivity contribution in [3.63, 3.8) is 0 Å². The van der Waals surface area contributed by atoms with E-state index >= 15 is 0 Å². The molecular weight excluding hydrogens is 320 g/mol. The highest BCUT2D eigenvalue weighted by atomic mass is 32.2. The van der Waals surface area contributed by atoms with Gasteiger partial charge in [-0.3, -0.25) is 0 Å². The SMILES string of the molecule is CC(C)c1ccc(C(N)CNS(=O)(=O)CCc2ccccc2)cc1. The molecule has 130 valence electrons. The van der Waals surface area contributed by atoms with Crippen molar-refractivity contribution in [3.8, 4) is 0 Å². The largest absolute Gasteiger partial charge is 0.323 e. The van der Waals surface area contributed by atoms with Crippen LogP contribution in [0.25, 0.3) is 0 Å². The maximum atomic E-state index is 12.1. The third kappa shape index (κ3) is 5.74. The van der Waals surface area contributed by atoms with Gasteiger partial charge in [-0.15, -0.1) is 0 Å². The van der Waals surface area contributed by atoms with Gasteiger partial charge in [-0.1, -0.05) is 68.4 Å². The summed E-state index contributed by atoms with van der Waals surface area (Å²) < 4.78 is 26.8. The Labute approximate surface area is 145 Å². The molecule has 1 atom stereocenters. The van der Waals surface area contributed by atoms with Crippen molar-refractivity contribution >= 4 is 10.0 Å². The van der Waals surface area contributed by atoms with Crippen LogP contribution in [0.2, 0.25) is 0 Å². The molecule has 2 aromatic carbocycles. The Hall–Kier alpha value is -1.69. The van der Waals surface area contributed by atoms with Gasteiger partial charge in [-0.25, -0.2) is 13.1 Å². The Kier molecular flexibility index (Phi) is 6.54. The van der Waals surface area contributed by atoms with Crippen LogP contribution in [-0.2, 0) is 16.4 Å². The van der Waals surface area contributed by atoms with Crippen LogP contribution in [-0.4, -0.2) is 20.7 Å². The third-order valence-corrected chi connectivity index (χ3v) is 5.40. The van der Waals surface area contributed by atoms with Gasteiger partial charge in [0.15, 0.2) is 0 Å². The number of hydrogen-bond acceptors (Lipinski definition) is 3. The lowest BCUT2D eigenvalue weighted by molar-refractivity contribution is 0.571. The van der Waals surface area contributed by atoms with Gasteiger partial charge in [0.1, 0.15) is 0 Å². The third-order valence-electron chi connectivity index (χ3n) is 4.06. The van der Waals surface area contributed by atoms with Gasteiger partial charge < -0.3 is 5.73 Å². The molecular formula is C19H26N2O2S. The molecule has 0 heterocycles. The molecule has 0 radical (unpaired) electrons. The van der Waals surface area contributed by atoms with Gasteiger partial charge in [0.25, 0.3) is 0 Å². The quantitative estimate of drug-likeness (QED) is 0.772. The zero-order chi connectivity index (χ0) is 17.6. The van der Waals surface area contributed by atoms with E-state index in [1.54, 1.807) is 0 Å². The molecule has 2 aromatic rings. The predicted molar refractivity (Wildman–Crippen MR) is 99.4 cm³/mol. The van der Waals surface area contributed by atoms with Gasteiger partial charge in [0.2, 0.25) is 10.0 Å². The van der Waals surface area contributed by atoms with E-state index in [1.165, 1.54) is 5.56 Å². The molecule has 0 aliphatic carbocycles. The summed E-state index contributed by atoms with van der Waals surface area (Å²) in [6, 6.07) is 17.3. The molecule has 0 bridgehead atoms. The van der Waals surface area contributed by atoms with Gasteiger partial charge >= 0.3 is 0 Å². The second-order valence-electron chi connectivity index (χ2n) is 6.33. The first kappa shape index (κ1) is 18.6. The summed E-state index contributed by atoms with van der Waals surface area (Å²) in [7, 11) is -3.33. The minimum Gasteiger partial charge on any atom is -0.323 e. The number of nitrogens with two attached hydrogens (primary N) is 1. The fraction of sp³-hybridized carbons (Fsp3) is 0.368. The highest BCUT2D eigenvalue weighted by Gasteiger charge is 2.14. The van der Waals surface area contributed by atoms with E-state index in [4.69, 9.17) is 5.73 Å². The van der Waals surface area contributed by atoms with Crippen LogP contribution in [0.1, 0.15) is 42.5 Å². The van der Waals surface area contributed by atoms with E-state index in [9.17, 15) is 8.42 Å². The van der Waals surface area contributed by atoms with E-state index in [-0.39, 0.29) is 18.3 Å². The molecule has 24 heavy (non-hydrogen) atoms. The zero-order valence-electron chi connectivity index (χ0n) is 14.3. The minimum absolute atomic E-state index is 0.0655. The Morgan fingerprint density at radius 3 is 2.12 bits per heavy atom. The number of sulfonamides is 1. The number of nitrogens with one attached hydrogen (secondary N) is 1. The van der Waals surface area contributed by atoms with E-state index in [2.05, 4.69) is 18.6 Å². The molecule has 0 aromatic heterocycles. The van der Waals surface area contributed by atoms with E-state index in [0.717, 1.165) is 11.1 Å². The maximum Gasteiger partial charge on any atom is 0.211 e. The molecule has 0 saturated heterocycles. The van der Waals surface area contributed by atoms with Crippen molar-refractivity contribution in [1.82, 2.24) is 4.72 Å². The average molecular weight is 346 g/mol. The fourth-order valence-electron chi connectivity index (χ4n) is 2.43. The van der Waals surface area contributed by atoms with Crippen LogP contribution in [0.15, 0.2) is 54.6 Å². The zero-order valence-corrected chi connectivity index (χ0v) is 15.1. The molecule has 4 nitrogen and oxygen atoms in total. The van der Waals surface area contributed by atoms with Crippen molar-refractivity contribution in [2.75, 3.05) is 12.3 Å². The minimum atomic E-state index is -3.33. The van der Waals surface area contributed by atoms with Gasteiger partial charge in [-0.05, 0) is 29.0 Å². The molecule has 0 spiro atoms. The first-order valence-corrected chi connectivity index (χ1v) is 9.89. The average Bonchev–Trinajstić information content (AvgIpc) is 2.59. The fourth-order valence-corrected chi connectivity index (χ4v) is 3.51. The summed E-state index contributed by atoms with van der Waals surface area (Å²) in [5.74, 6) is 0.530. The highest BCUT2D eigenvalue weighted by molar-refractivity contribution is 7.89. The molecule has 3 N–H and O–H groups in total. The monoisotopic (exact) mass is 346 g/mol. The molecule has 0 amide bonds. The standard InChI is InChI=1S/C19H26N2O2S/c1-15(2)17-8-10-18(11-9-17)19(20)14-21-24(22,23)13-12-16-6-4-3-5-7-16/h3-11,15,19,21H,12-14,20H2,1-2H3. The number of hydrogen-bond donors (Lipinski definition) is 2. The van der Waals surface area contributed by atoms with Crippen LogP contribution < -0.4 is 10.5 Å². The Morgan fingerprint density at radius 2 is 1.54 bits per heavy atom. The lowest BCUT2D eigenvalue weighted by atomic mass is 9.99. The van der Waals surface area contributed by atoms with Crippen molar-refractivity contribution < 1.29 is 8.42 Å². The topological polar surface area (TPSA) is 72.2 Å². The van der Waals surface area contributed by atoms with Crippen LogP contribution >= 0.6 is 0 Å². The highest BCUT2D eigenvalue weighted by Crippen LogP contribution is 2.17. The second kappa shape index (κ2) is 8.42. The van der Waals surface area contributed by atoms with Gasteiger partial charge in [-0.2, -0.15) is 0 Å². The Bertz CT molecular complexity index is 726. The van der Waals surface area contributed by atoms with E-state index in [1.807, 2.05) is 54.6 Å². The molecule has 0 saturated carbocycles. The van der Waals surface area contributed by atoms with E-state index in [0.29, 0.717) is 12.3 Å². The Morgan fingerprint density at radius 1 is 0.958 bits per heavy atom. The molecule has 2 rings (SSSR count). The first-order valence-electron chi connectivity index (χ1n) is 8.24. The van der Waals surface area contributed by atoms with Gasteiger partial charge in [0, 0.05) is 12.6 Å². The van der Waals surface area contributed by atoms with E-state index < -0.39 is 10.0 Å². The number of aryl methyl sites for hydroxylation is 1. The van der Waals surface area contributed by atoms with Crippen molar-refractivity contribution in [2.45, 2.75) is 32.2 Å². The molecule has 0 aliphatic heterocycles. The molecule has 0 aliphatic rings. The molecule has 1 unspecified atom stereocenters. The Balaban J connectivity index is 1.86. The lowest BCUT2D eigenvalue weighted by Gasteiger charge is -2.15. The summed E-state index contributed by atoms with van der Waals surface area (Å²) in [5, 5.41) is 0. The number of rotatable bonds is 8. The van der Waals surface area contributed by atoms with Crippen LogP contribution in [0.5, 0.6) is 0 Å². The van der Waals surface area contributed by atoms with Gasteiger partial charge in [0.05, 0.1) is 5.75 Å². The summed E-state index contributed by atoms with van der Waals surface area (Å²) >= 11 is 0. The molecule has 0 fully saturated rings. The van der Waals surface area contributed by atoms with Crippen molar-refractivity contribution in [3.05, 3.63) is 71.3 Å². The van der Waals surface area contributed by atoms with Crippen molar-refractivity contribution in [1.29, 1.82) is 0 Å². The van der Waals surface area contributed by atoms with Crippen LogP contribution in [0.4, 0.5) is 0 Å². The van der Waals surface area contributed by atoms with Crippen LogP contribution in [0.3, 0.4) is 0 Å². The normalized spacial score (nSPS) is 13.2. The van der Waals surface area contributed by atoms with Crippen molar-refractivity contribution in [2.24, 2.45) is 5.73 Å². The maximum absolute atomic E-state index is 12.1. The molecule has 5 heteroatoms. The predicted octanol–water partition coefficient (Wildman–Crippen LogP) is 2.97. The summed E-state index contributed by atoms with van der Waals surface area (Å²) in [6.45, 7) is 4.48. The smallest absolute Gasteiger partial charge is 0.211 e. The first-order chi connectivity index (χ1) is 11.4. The summed E-state index contributed by atoms with van der Waals surface area (Å²) in [4.78, 5) is 0.